The van der Waals surface area contributed by atoms with E-state index in [9.17, 15) is 0 Å². The molecule has 0 bridgehead atoms. The van der Waals surface area contributed by atoms with Crippen LogP contribution in [0.25, 0.3) is 0 Å². The smallest absolute Gasteiger partial charge is 0.0330 e. The van der Waals surface area contributed by atoms with E-state index in [1.165, 1.54) is 36.8 Å². The molecule has 0 aliphatic rings. The second kappa shape index (κ2) is 9.55. The van der Waals surface area contributed by atoms with Crippen molar-refractivity contribution in [1.82, 2.24) is 4.72 Å². The molecule has 0 heterocycles. The number of hydrogen-bond acceptors (Lipinski definition) is 2. The highest BCUT2D eigenvalue weighted by Crippen LogP contribution is 2.11. The third-order valence-electron chi connectivity index (χ3n) is 2.90. The Morgan fingerprint density at radius 3 is 2.29 bits per heavy atom. The molecule has 2 heteroatoms. The predicted molar refractivity (Wildman–Crippen MR) is 79.3 cm³/mol. The highest BCUT2D eigenvalue weighted by atomic mass is 32.2. The summed E-state index contributed by atoms with van der Waals surface area (Å²) < 4.78 is 3.44. The fourth-order valence-corrected chi connectivity index (χ4v) is 2.45. The molecular weight excluding hydrogens is 226 g/mol. The summed E-state index contributed by atoms with van der Waals surface area (Å²) in [6, 6.07) is 8.95. The molecule has 0 spiro atoms. The molecule has 0 aliphatic heterocycles. The van der Waals surface area contributed by atoms with Crippen LogP contribution in [-0.4, -0.2) is 6.54 Å². The van der Waals surface area contributed by atoms with Gasteiger partial charge in [-0.1, -0.05) is 69.3 Å². The third kappa shape index (κ3) is 6.75. The minimum Gasteiger partial charge on any atom is -0.264 e. The fourth-order valence-electron chi connectivity index (χ4n) is 1.70. The van der Waals surface area contributed by atoms with Gasteiger partial charge in [0.05, 0.1) is 0 Å². The molecule has 0 radical (unpaired) electrons. The van der Waals surface area contributed by atoms with E-state index in [1.54, 1.807) is 0 Å². The van der Waals surface area contributed by atoms with Crippen LogP contribution in [0.2, 0.25) is 0 Å². The lowest BCUT2D eigenvalue weighted by Gasteiger charge is -2.05. The summed E-state index contributed by atoms with van der Waals surface area (Å²) in [7, 11) is 0. The van der Waals surface area contributed by atoms with Crippen LogP contribution in [0.3, 0.4) is 0 Å². The van der Waals surface area contributed by atoms with E-state index < -0.39 is 0 Å². The van der Waals surface area contributed by atoms with Crippen LogP contribution in [0, 0.1) is 0 Å². The van der Waals surface area contributed by atoms with Crippen molar-refractivity contribution in [2.75, 3.05) is 6.54 Å². The van der Waals surface area contributed by atoms with E-state index in [2.05, 4.69) is 42.8 Å². The molecule has 0 unspecified atom stereocenters. The molecule has 17 heavy (non-hydrogen) atoms. The third-order valence-corrected chi connectivity index (χ3v) is 3.79. The lowest BCUT2D eigenvalue weighted by molar-refractivity contribution is 0.662. The molecule has 0 aliphatic carbocycles. The summed E-state index contributed by atoms with van der Waals surface area (Å²) in [6.45, 7) is 5.58. The molecule has 96 valence electrons. The second-order valence-electron chi connectivity index (χ2n) is 4.41. The normalized spacial score (nSPS) is 10.7. The van der Waals surface area contributed by atoms with Gasteiger partial charge >= 0.3 is 0 Å². The Kier molecular flexibility index (Phi) is 8.20. The van der Waals surface area contributed by atoms with Gasteiger partial charge in [-0.25, -0.2) is 0 Å². The Morgan fingerprint density at radius 1 is 0.941 bits per heavy atom. The topological polar surface area (TPSA) is 12.0 Å². The van der Waals surface area contributed by atoms with Crippen molar-refractivity contribution in [3.8, 4) is 0 Å². The second-order valence-corrected chi connectivity index (χ2v) is 5.28. The molecule has 1 N–H and O–H groups in total. The van der Waals surface area contributed by atoms with Crippen molar-refractivity contribution in [2.24, 2.45) is 0 Å². The van der Waals surface area contributed by atoms with E-state index in [-0.39, 0.29) is 0 Å². The van der Waals surface area contributed by atoms with Crippen molar-refractivity contribution in [3.63, 3.8) is 0 Å². The number of nitrogens with one attached hydrogen (secondary N) is 1. The van der Waals surface area contributed by atoms with Crippen LogP contribution in [0.15, 0.2) is 24.3 Å². The van der Waals surface area contributed by atoms with E-state index in [1.807, 2.05) is 11.9 Å². The van der Waals surface area contributed by atoms with Crippen LogP contribution in [-0.2, 0) is 12.2 Å². The number of hydrogen-bond donors (Lipinski definition) is 1. The molecule has 0 atom stereocenters. The lowest BCUT2D eigenvalue weighted by Crippen LogP contribution is -2.05. The van der Waals surface area contributed by atoms with E-state index in [0.717, 1.165) is 18.7 Å². The largest absolute Gasteiger partial charge is 0.264 e. The number of unbranched alkanes of at least 4 members (excludes halogenated alkanes) is 3. The molecule has 1 rings (SSSR count). The average molecular weight is 251 g/mol. The molecule has 0 aromatic heterocycles. The first-order valence-electron chi connectivity index (χ1n) is 6.79. The van der Waals surface area contributed by atoms with Crippen molar-refractivity contribution >= 4 is 11.9 Å². The first kappa shape index (κ1) is 14.6. The Balaban J connectivity index is 2.05. The van der Waals surface area contributed by atoms with E-state index in [0.29, 0.717) is 0 Å². The Morgan fingerprint density at radius 2 is 1.65 bits per heavy atom. The summed E-state index contributed by atoms with van der Waals surface area (Å²) in [5, 5.41) is 0. The fraction of sp³-hybridized carbons (Fsp3) is 0.600. The zero-order valence-corrected chi connectivity index (χ0v) is 12.0. The number of rotatable bonds is 9. The summed E-state index contributed by atoms with van der Waals surface area (Å²) in [5.74, 6) is 1.07. The minimum atomic E-state index is 1.07. The Labute approximate surface area is 111 Å². The average Bonchev–Trinajstić information content (AvgIpc) is 2.38. The highest BCUT2D eigenvalue weighted by Gasteiger charge is 1.94. The molecule has 1 aromatic rings. The molecule has 1 aromatic carbocycles. The Bertz CT molecular complexity index is 281. The quantitative estimate of drug-likeness (QED) is 0.510. The molecule has 0 saturated heterocycles. The van der Waals surface area contributed by atoms with Crippen LogP contribution in [0.1, 0.15) is 50.7 Å². The molecule has 0 fully saturated rings. The zero-order valence-electron chi connectivity index (χ0n) is 11.2. The lowest BCUT2D eigenvalue weighted by atomic mass is 10.1. The first-order chi connectivity index (χ1) is 8.36. The summed E-state index contributed by atoms with van der Waals surface area (Å²) >= 11 is 1.83. The van der Waals surface area contributed by atoms with Gasteiger partial charge < -0.3 is 0 Å². The standard InChI is InChI=1S/C15H25NS/c1-3-5-6-7-12-16-17-13-15-10-8-14(4-2)9-11-15/h8-11,16H,3-7,12-13H2,1-2H3. The summed E-state index contributed by atoms with van der Waals surface area (Å²) in [5.41, 5.74) is 2.83. The molecule has 0 amide bonds. The Hall–Kier alpha value is -0.470. The molecular formula is C15H25NS. The van der Waals surface area contributed by atoms with E-state index in [4.69, 9.17) is 0 Å². The van der Waals surface area contributed by atoms with Crippen LogP contribution < -0.4 is 4.72 Å². The van der Waals surface area contributed by atoms with Crippen LogP contribution in [0.4, 0.5) is 0 Å². The van der Waals surface area contributed by atoms with Gasteiger partial charge in [0.25, 0.3) is 0 Å². The van der Waals surface area contributed by atoms with Crippen molar-refractivity contribution in [3.05, 3.63) is 35.4 Å². The maximum Gasteiger partial charge on any atom is 0.0330 e. The highest BCUT2D eigenvalue weighted by molar-refractivity contribution is 7.96. The van der Waals surface area contributed by atoms with Gasteiger partial charge in [-0.3, -0.25) is 4.72 Å². The SMILES string of the molecule is CCCCCCNSCc1ccc(CC)cc1. The van der Waals surface area contributed by atoms with Crippen molar-refractivity contribution in [2.45, 2.75) is 51.7 Å². The van der Waals surface area contributed by atoms with Gasteiger partial charge in [0, 0.05) is 12.3 Å². The van der Waals surface area contributed by atoms with Gasteiger partial charge in [-0.15, -0.1) is 0 Å². The maximum atomic E-state index is 3.44. The molecule has 1 nitrogen and oxygen atoms in total. The monoisotopic (exact) mass is 251 g/mol. The van der Waals surface area contributed by atoms with Gasteiger partial charge in [-0.2, -0.15) is 0 Å². The van der Waals surface area contributed by atoms with Gasteiger partial charge in [-0.05, 0) is 24.0 Å². The summed E-state index contributed by atoms with van der Waals surface area (Å²) in [6.07, 6.45) is 6.47. The van der Waals surface area contributed by atoms with Gasteiger partial charge in [0.15, 0.2) is 0 Å². The van der Waals surface area contributed by atoms with E-state index >= 15 is 0 Å². The van der Waals surface area contributed by atoms with Crippen molar-refractivity contribution in [1.29, 1.82) is 0 Å². The minimum absolute atomic E-state index is 1.07. The zero-order chi connectivity index (χ0) is 12.3. The van der Waals surface area contributed by atoms with Crippen LogP contribution >= 0.6 is 11.9 Å². The van der Waals surface area contributed by atoms with Crippen LogP contribution in [0.5, 0.6) is 0 Å². The number of benzene rings is 1. The number of aryl methyl sites for hydroxylation is 1. The molecule has 0 saturated carbocycles. The van der Waals surface area contributed by atoms with Crippen molar-refractivity contribution < 1.29 is 0 Å². The van der Waals surface area contributed by atoms with Gasteiger partial charge in [0.2, 0.25) is 0 Å². The van der Waals surface area contributed by atoms with Gasteiger partial charge in [0.1, 0.15) is 0 Å². The predicted octanol–water partition coefficient (Wildman–Crippen LogP) is 4.57. The first-order valence-corrected chi connectivity index (χ1v) is 7.77. The maximum absolute atomic E-state index is 3.44. The summed E-state index contributed by atoms with van der Waals surface area (Å²) in [4.78, 5) is 0.